The fourth-order valence-corrected chi connectivity index (χ4v) is 6.55. The van der Waals surface area contributed by atoms with Gasteiger partial charge >= 0.3 is 0 Å². The molecular weight excluding hydrogens is 404 g/mol. The Kier molecular flexibility index (Phi) is 5.19. The molecule has 4 saturated carbocycles. The van der Waals surface area contributed by atoms with E-state index in [0.717, 1.165) is 87.4 Å². The maximum absolute atomic E-state index is 13.3. The number of anilines is 1. The van der Waals surface area contributed by atoms with Gasteiger partial charge in [0, 0.05) is 19.6 Å². The SMILES string of the molecule is Cl.O=C(Nc1ncnc2c1cnn2CCN1CCOCC1)C12CC3CC(C1)C(C3)C2. The lowest BCUT2D eigenvalue weighted by Crippen LogP contribution is -2.39. The molecule has 30 heavy (non-hydrogen) atoms. The van der Waals surface area contributed by atoms with Gasteiger partial charge in [-0.15, -0.1) is 12.4 Å². The molecule has 5 fully saturated rings. The van der Waals surface area contributed by atoms with E-state index in [9.17, 15) is 4.79 Å². The molecule has 4 aliphatic carbocycles. The van der Waals surface area contributed by atoms with E-state index in [1.807, 2.05) is 4.68 Å². The van der Waals surface area contributed by atoms with Crippen LogP contribution in [-0.4, -0.2) is 63.4 Å². The predicted molar refractivity (Wildman–Crippen MR) is 114 cm³/mol. The maximum Gasteiger partial charge on any atom is 0.231 e. The minimum absolute atomic E-state index is 0. The molecular formula is C21H29ClN6O2. The Morgan fingerprint density at radius 3 is 2.63 bits per heavy atom. The Morgan fingerprint density at radius 1 is 1.13 bits per heavy atom. The number of nitrogens with one attached hydrogen (secondary N) is 1. The van der Waals surface area contributed by atoms with Crippen molar-refractivity contribution in [2.24, 2.45) is 23.2 Å². The van der Waals surface area contributed by atoms with E-state index in [-0.39, 0.29) is 23.7 Å². The minimum atomic E-state index is -0.167. The maximum atomic E-state index is 13.3. The van der Waals surface area contributed by atoms with Crippen molar-refractivity contribution in [3.8, 4) is 0 Å². The normalized spacial score (nSPS) is 32.5. The van der Waals surface area contributed by atoms with Gasteiger partial charge in [0.05, 0.1) is 36.8 Å². The first-order valence-electron chi connectivity index (χ1n) is 11.0. The van der Waals surface area contributed by atoms with E-state index in [1.165, 1.54) is 12.8 Å². The first-order chi connectivity index (χ1) is 14.2. The Balaban J connectivity index is 0.00000193. The molecule has 2 aromatic heterocycles. The van der Waals surface area contributed by atoms with Crippen molar-refractivity contribution in [3.63, 3.8) is 0 Å². The molecule has 1 aliphatic heterocycles. The van der Waals surface area contributed by atoms with Gasteiger partial charge < -0.3 is 10.1 Å². The van der Waals surface area contributed by atoms with Gasteiger partial charge in [-0.3, -0.25) is 9.69 Å². The number of hydrogen-bond donors (Lipinski definition) is 1. The van der Waals surface area contributed by atoms with Crippen molar-refractivity contribution >= 4 is 35.2 Å². The molecule has 162 valence electrons. The van der Waals surface area contributed by atoms with Gasteiger partial charge in [0.15, 0.2) is 5.65 Å². The summed E-state index contributed by atoms with van der Waals surface area (Å²) >= 11 is 0. The molecule has 1 N–H and O–H groups in total. The van der Waals surface area contributed by atoms with Crippen molar-refractivity contribution in [1.82, 2.24) is 24.6 Å². The summed E-state index contributed by atoms with van der Waals surface area (Å²) < 4.78 is 7.33. The monoisotopic (exact) mass is 432 g/mol. The fourth-order valence-electron chi connectivity index (χ4n) is 6.55. The molecule has 3 heterocycles. The number of ether oxygens (including phenoxy) is 1. The Bertz CT molecular complexity index is 923. The van der Waals surface area contributed by atoms with E-state index >= 15 is 0 Å². The van der Waals surface area contributed by atoms with Crippen molar-refractivity contribution in [2.75, 3.05) is 38.2 Å². The van der Waals surface area contributed by atoms with Crippen LogP contribution in [0, 0.1) is 23.2 Å². The molecule has 0 spiro atoms. The van der Waals surface area contributed by atoms with Crippen LogP contribution < -0.4 is 5.32 Å². The third-order valence-electron chi connectivity index (χ3n) is 7.80. The summed E-state index contributed by atoms with van der Waals surface area (Å²) in [5.74, 6) is 3.07. The van der Waals surface area contributed by atoms with Gasteiger partial charge in [0.2, 0.25) is 5.91 Å². The molecule has 2 aromatic rings. The summed E-state index contributed by atoms with van der Waals surface area (Å²) in [6.45, 7) is 5.19. The second-order valence-electron chi connectivity index (χ2n) is 9.49. The molecule has 2 unspecified atom stereocenters. The van der Waals surface area contributed by atoms with Crippen LogP contribution in [0.15, 0.2) is 12.5 Å². The average molecular weight is 433 g/mol. The number of amides is 1. The summed E-state index contributed by atoms with van der Waals surface area (Å²) in [4.78, 5) is 24.5. The highest BCUT2D eigenvalue weighted by molar-refractivity contribution is 6.01. The molecule has 7 rings (SSSR count). The Labute approximate surface area is 182 Å². The second kappa shape index (κ2) is 7.73. The highest BCUT2D eigenvalue weighted by atomic mass is 35.5. The Hall–Kier alpha value is -1.77. The first kappa shape index (κ1) is 20.2. The van der Waals surface area contributed by atoms with E-state index in [4.69, 9.17) is 4.74 Å². The van der Waals surface area contributed by atoms with Crippen molar-refractivity contribution < 1.29 is 9.53 Å². The van der Waals surface area contributed by atoms with Crippen molar-refractivity contribution in [2.45, 2.75) is 38.6 Å². The molecule has 5 aliphatic rings. The summed E-state index contributed by atoms with van der Waals surface area (Å²) in [5.41, 5.74) is 0.622. The van der Waals surface area contributed by atoms with Gasteiger partial charge in [-0.25, -0.2) is 14.6 Å². The molecule has 0 radical (unpaired) electrons. The number of fused-ring (bicyclic) bond motifs is 1. The molecule has 4 bridgehead atoms. The van der Waals surface area contributed by atoms with Gasteiger partial charge in [-0.2, -0.15) is 5.10 Å². The lowest BCUT2D eigenvalue weighted by atomic mass is 9.69. The van der Waals surface area contributed by atoms with Crippen molar-refractivity contribution in [1.29, 1.82) is 0 Å². The van der Waals surface area contributed by atoms with E-state index in [1.54, 1.807) is 12.5 Å². The first-order valence-corrected chi connectivity index (χ1v) is 11.0. The topological polar surface area (TPSA) is 85.2 Å². The molecule has 0 aromatic carbocycles. The zero-order valence-corrected chi connectivity index (χ0v) is 17.9. The van der Waals surface area contributed by atoms with Crippen LogP contribution in [0.2, 0.25) is 0 Å². The second-order valence-corrected chi connectivity index (χ2v) is 9.49. The van der Waals surface area contributed by atoms with Crippen LogP contribution in [0.25, 0.3) is 11.0 Å². The number of nitrogens with zero attached hydrogens (tertiary/aromatic N) is 5. The highest BCUT2D eigenvalue weighted by Crippen LogP contribution is 2.64. The zero-order chi connectivity index (χ0) is 19.4. The number of aromatic nitrogens is 4. The molecule has 8 nitrogen and oxygen atoms in total. The molecule has 1 amide bonds. The molecule has 1 saturated heterocycles. The van der Waals surface area contributed by atoms with E-state index < -0.39 is 0 Å². The standard InChI is InChI=1S/C21H28N6O2.ClH/c28-20(21-9-14-7-15(10-21)16(8-14)11-21)25-18-17-12-24-27(19(17)23-13-22-18)2-1-26-3-5-29-6-4-26;/h12-16H,1-11H2,(H,22,23,25,28);1H. The third kappa shape index (κ3) is 3.29. The number of carbonyl (C=O) groups excluding carboxylic acids is 1. The van der Waals surface area contributed by atoms with Gasteiger partial charge in [-0.05, 0) is 49.9 Å². The van der Waals surface area contributed by atoms with Crippen LogP contribution in [0.5, 0.6) is 0 Å². The summed E-state index contributed by atoms with van der Waals surface area (Å²) in [5, 5.41) is 8.52. The van der Waals surface area contributed by atoms with Gasteiger partial charge in [-0.1, -0.05) is 0 Å². The molecule has 9 heteroatoms. The smallest absolute Gasteiger partial charge is 0.231 e. The third-order valence-corrected chi connectivity index (χ3v) is 7.80. The number of morpholine rings is 1. The predicted octanol–water partition coefficient (Wildman–Crippen LogP) is 2.35. The number of hydrogen-bond acceptors (Lipinski definition) is 6. The van der Waals surface area contributed by atoms with Crippen molar-refractivity contribution in [3.05, 3.63) is 12.5 Å². The van der Waals surface area contributed by atoms with Crippen LogP contribution in [0.4, 0.5) is 5.82 Å². The summed E-state index contributed by atoms with van der Waals surface area (Å²) in [6, 6.07) is 0. The van der Waals surface area contributed by atoms with Crippen LogP contribution in [0.3, 0.4) is 0 Å². The number of carbonyl (C=O) groups is 1. The van der Waals surface area contributed by atoms with E-state index in [0.29, 0.717) is 5.82 Å². The zero-order valence-electron chi connectivity index (χ0n) is 17.1. The van der Waals surface area contributed by atoms with E-state index in [2.05, 4.69) is 25.3 Å². The molecule has 2 atom stereocenters. The van der Waals surface area contributed by atoms with Crippen LogP contribution in [-0.2, 0) is 16.1 Å². The lowest BCUT2D eigenvalue weighted by Gasteiger charge is -2.36. The fraction of sp³-hybridized carbons (Fsp3) is 0.714. The highest BCUT2D eigenvalue weighted by Gasteiger charge is 2.59. The van der Waals surface area contributed by atoms with Gasteiger partial charge in [0.25, 0.3) is 0 Å². The number of rotatable bonds is 5. The Morgan fingerprint density at radius 2 is 1.90 bits per heavy atom. The van der Waals surface area contributed by atoms with Crippen LogP contribution >= 0.6 is 12.4 Å². The van der Waals surface area contributed by atoms with Crippen LogP contribution in [0.1, 0.15) is 32.1 Å². The average Bonchev–Trinajstić information content (AvgIpc) is 3.36. The quantitative estimate of drug-likeness (QED) is 0.780. The largest absolute Gasteiger partial charge is 0.379 e. The minimum Gasteiger partial charge on any atom is -0.379 e. The summed E-state index contributed by atoms with van der Waals surface area (Å²) in [6.07, 6.45) is 9.19. The lowest BCUT2D eigenvalue weighted by molar-refractivity contribution is -0.128. The number of halogens is 1. The van der Waals surface area contributed by atoms with Gasteiger partial charge in [0.1, 0.15) is 12.1 Å². The summed E-state index contributed by atoms with van der Waals surface area (Å²) in [7, 11) is 0.